The van der Waals surface area contributed by atoms with E-state index in [0.717, 1.165) is 9.87 Å². The summed E-state index contributed by atoms with van der Waals surface area (Å²) in [6.45, 7) is 1.79. The summed E-state index contributed by atoms with van der Waals surface area (Å²) in [5.41, 5.74) is 1.00. The summed E-state index contributed by atoms with van der Waals surface area (Å²) in [6, 6.07) is 7.69. The molecule has 1 aliphatic heterocycles. The molecule has 1 saturated heterocycles. The monoisotopic (exact) mass is 393 g/mol. The van der Waals surface area contributed by atoms with Crippen LogP contribution in [0.3, 0.4) is 0 Å². The van der Waals surface area contributed by atoms with Crippen molar-refractivity contribution in [3.05, 3.63) is 58.9 Å². The average molecular weight is 394 g/mol. The highest BCUT2D eigenvalue weighted by atomic mass is 35.5. The van der Waals surface area contributed by atoms with E-state index in [0.29, 0.717) is 0 Å². The number of benzene rings is 1. The van der Waals surface area contributed by atoms with Crippen LogP contribution in [0.15, 0.2) is 42.7 Å². The van der Waals surface area contributed by atoms with Crippen LogP contribution >= 0.6 is 11.6 Å². The molecule has 1 atom stereocenters. The fourth-order valence-electron chi connectivity index (χ4n) is 2.68. The number of sulfonamides is 1. The molecule has 1 aromatic heterocycles. The fourth-order valence-corrected chi connectivity index (χ4v) is 4.70. The molecule has 136 valence electrons. The van der Waals surface area contributed by atoms with Gasteiger partial charge in [-0.15, -0.1) is 0 Å². The maximum atomic E-state index is 12.4. The second-order valence-electron chi connectivity index (χ2n) is 5.99. The van der Waals surface area contributed by atoms with Crippen molar-refractivity contribution in [1.82, 2.24) is 10.3 Å². The van der Waals surface area contributed by atoms with E-state index in [1.165, 1.54) is 18.2 Å². The van der Waals surface area contributed by atoms with Crippen molar-refractivity contribution in [2.75, 3.05) is 10.1 Å². The van der Waals surface area contributed by atoms with Crippen molar-refractivity contribution in [3.8, 4) is 0 Å². The molecule has 1 unspecified atom stereocenters. The van der Waals surface area contributed by atoms with Crippen molar-refractivity contribution in [2.24, 2.45) is 5.92 Å². The van der Waals surface area contributed by atoms with E-state index in [4.69, 9.17) is 11.6 Å². The lowest BCUT2D eigenvalue weighted by Gasteiger charge is -2.17. The van der Waals surface area contributed by atoms with Crippen LogP contribution in [-0.2, 0) is 21.4 Å². The van der Waals surface area contributed by atoms with E-state index in [1.54, 1.807) is 25.4 Å². The SMILES string of the molecule is CC1CS(=O)(=O)N(c2ccc(Cl)c(C(=O)NCc3cccnc3)c2)C1=O. The lowest BCUT2D eigenvalue weighted by Crippen LogP contribution is -2.31. The molecular weight excluding hydrogens is 378 g/mol. The number of hydrogen-bond acceptors (Lipinski definition) is 5. The first-order valence-corrected chi connectivity index (χ1v) is 9.82. The Morgan fingerprint density at radius 2 is 2.15 bits per heavy atom. The van der Waals surface area contributed by atoms with Crippen LogP contribution in [0, 0.1) is 5.92 Å². The highest BCUT2D eigenvalue weighted by Crippen LogP contribution is 2.31. The molecule has 26 heavy (non-hydrogen) atoms. The Morgan fingerprint density at radius 1 is 1.38 bits per heavy atom. The quantitative estimate of drug-likeness (QED) is 0.856. The van der Waals surface area contributed by atoms with Crippen LogP contribution < -0.4 is 9.62 Å². The summed E-state index contributed by atoms with van der Waals surface area (Å²) in [4.78, 5) is 28.6. The number of rotatable bonds is 4. The van der Waals surface area contributed by atoms with Crippen molar-refractivity contribution in [2.45, 2.75) is 13.5 Å². The van der Waals surface area contributed by atoms with Gasteiger partial charge in [-0.2, -0.15) is 0 Å². The molecule has 3 rings (SSSR count). The van der Waals surface area contributed by atoms with Gasteiger partial charge in [-0.05, 0) is 29.8 Å². The minimum absolute atomic E-state index is 0.0932. The molecule has 2 amide bonds. The van der Waals surface area contributed by atoms with Gasteiger partial charge in [-0.1, -0.05) is 24.6 Å². The third-order valence-electron chi connectivity index (χ3n) is 3.97. The molecule has 0 bridgehead atoms. The number of aromatic nitrogens is 1. The van der Waals surface area contributed by atoms with Crippen LogP contribution in [0.5, 0.6) is 0 Å². The summed E-state index contributed by atoms with van der Waals surface area (Å²) in [6.07, 6.45) is 3.25. The number of carbonyl (C=O) groups is 2. The molecule has 2 heterocycles. The van der Waals surface area contributed by atoms with Crippen molar-refractivity contribution in [1.29, 1.82) is 0 Å². The minimum Gasteiger partial charge on any atom is -0.348 e. The zero-order valence-electron chi connectivity index (χ0n) is 13.8. The van der Waals surface area contributed by atoms with Gasteiger partial charge >= 0.3 is 0 Å². The molecule has 0 saturated carbocycles. The Labute approximate surface area is 156 Å². The number of anilines is 1. The highest BCUT2D eigenvalue weighted by molar-refractivity contribution is 7.94. The van der Waals surface area contributed by atoms with Gasteiger partial charge in [-0.3, -0.25) is 14.6 Å². The van der Waals surface area contributed by atoms with Gasteiger partial charge in [0.05, 0.1) is 27.9 Å². The molecule has 1 aromatic carbocycles. The van der Waals surface area contributed by atoms with E-state index >= 15 is 0 Å². The molecule has 1 N–H and O–H groups in total. The largest absolute Gasteiger partial charge is 0.348 e. The third-order valence-corrected chi connectivity index (χ3v) is 6.16. The second-order valence-corrected chi connectivity index (χ2v) is 8.26. The minimum atomic E-state index is -3.75. The van der Waals surface area contributed by atoms with E-state index in [-0.39, 0.29) is 28.6 Å². The molecule has 9 heteroatoms. The van der Waals surface area contributed by atoms with Gasteiger partial charge < -0.3 is 5.32 Å². The van der Waals surface area contributed by atoms with E-state index < -0.39 is 27.8 Å². The number of hydrogen-bond donors (Lipinski definition) is 1. The van der Waals surface area contributed by atoms with E-state index in [9.17, 15) is 18.0 Å². The summed E-state index contributed by atoms with van der Waals surface area (Å²) in [5.74, 6) is -1.87. The summed E-state index contributed by atoms with van der Waals surface area (Å²) >= 11 is 6.09. The smallest absolute Gasteiger partial charge is 0.253 e. The first-order chi connectivity index (χ1) is 12.3. The topological polar surface area (TPSA) is 96.4 Å². The molecule has 0 radical (unpaired) electrons. The fraction of sp³-hybridized carbons (Fsp3) is 0.235. The van der Waals surface area contributed by atoms with Gasteiger partial charge in [0.1, 0.15) is 0 Å². The molecular formula is C17H16ClN3O4S. The summed E-state index contributed by atoms with van der Waals surface area (Å²) < 4.78 is 25.2. The van der Waals surface area contributed by atoms with E-state index in [2.05, 4.69) is 10.3 Å². The lowest BCUT2D eigenvalue weighted by molar-refractivity contribution is -0.119. The zero-order chi connectivity index (χ0) is 18.9. The Bertz CT molecular complexity index is 963. The Hall–Kier alpha value is -2.45. The maximum Gasteiger partial charge on any atom is 0.253 e. The first kappa shape index (κ1) is 18.3. The van der Waals surface area contributed by atoms with Crippen LogP contribution in [0.2, 0.25) is 5.02 Å². The maximum absolute atomic E-state index is 12.4. The highest BCUT2D eigenvalue weighted by Gasteiger charge is 2.42. The standard InChI is InChI=1S/C17H16ClN3O4S/c1-11-10-26(24,25)21(17(11)23)13-4-5-15(18)14(7-13)16(22)20-9-12-3-2-6-19-8-12/h2-8,11H,9-10H2,1H3,(H,20,22). The van der Waals surface area contributed by atoms with Gasteiger partial charge in [0.15, 0.2) is 0 Å². The normalized spacial score (nSPS) is 18.8. The van der Waals surface area contributed by atoms with Gasteiger partial charge in [0.25, 0.3) is 5.91 Å². The van der Waals surface area contributed by atoms with Gasteiger partial charge in [0.2, 0.25) is 15.9 Å². The predicted molar refractivity (Wildman–Crippen MR) is 97.3 cm³/mol. The van der Waals surface area contributed by atoms with Crippen LogP contribution in [0.25, 0.3) is 0 Å². The number of nitrogens with zero attached hydrogens (tertiary/aromatic N) is 2. The van der Waals surface area contributed by atoms with Crippen molar-refractivity contribution >= 4 is 39.1 Å². The molecule has 0 aliphatic carbocycles. The van der Waals surface area contributed by atoms with Crippen LogP contribution in [-0.4, -0.2) is 31.0 Å². The summed E-state index contributed by atoms with van der Waals surface area (Å²) in [5, 5.41) is 2.86. The zero-order valence-corrected chi connectivity index (χ0v) is 15.4. The molecule has 1 aliphatic rings. The predicted octanol–water partition coefficient (Wildman–Crippen LogP) is 1.98. The van der Waals surface area contributed by atoms with Crippen LogP contribution in [0.1, 0.15) is 22.8 Å². The molecule has 1 fully saturated rings. The second kappa shape index (κ2) is 7.05. The van der Waals surface area contributed by atoms with Crippen molar-refractivity contribution in [3.63, 3.8) is 0 Å². The third kappa shape index (κ3) is 3.56. The van der Waals surface area contributed by atoms with E-state index in [1.807, 2.05) is 6.07 Å². The number of amides is 2. The summed E-state index contributed by atoms with van der Waals surface area (Å²) in [7, 11) is -3.75. The number of nitrogens with one attached hydrogen (secondary N) is 1. The number of pyridine rings is 1. The van der Waals surface area contributed by atoms with Gasteiger partial charge in [-0.25, -0.2) is 12.7 Å². The van der Waals surface area contributed by atoms with Crippen molar-refractivity contribution < 1.29 is 18.0 Å². The molecule has 2 aromatic rings. The van der Waals surface area contributed by atoms with Crippen LogP contribution in [0.4, 0.5) is 5.69 Å². The Balaban J connectivity index is 1.86. The number of carbonyl (C=O) groups excluding carboxylic acids is 2. The van der Waals surface area contributed by atoms with Gasteiger partial charge in [0, 0.05) is 18.9 Å². The first-order valence-electron chi connectivity index (χ1n) is 7.83. The molecule has 7 nitrogen and oxygen atoms in total. The Kier molecular flexibility index (Phi) is 4.97. The lowest BCUT2D eigenvalue weighted by atomic mass is 10.1. The Morgan fingerprint density at radius 3 is 2.77 bits per heavy atom. The average Bonchev–Trinajstić information content (AvgIpc) is 2.81. The number of halogens is 1. The molecule has 0 spiro atoms.